The summed E-state index contributed by atoms with van der Waals surface area (Å²) in [5.41, 5.74) is 5.96. The molecule has 20 heavy (non-hydrogen) atoms. The summed E-state index contributed by atoms with van der Waals surface area (Å²) in [4.78, 5) is 0. The van der Waals surface area contributed by atoms with Gasteiger partial charge in [-0.25, -0.2) is 0 Å². The molecule has 0 aromatic heterocycles. The van der Waals surface area contributed by atoms with Gasteiger partial charge >= 0.3 is 0 Å². The Balaban J connectivity index is 1.84. The third kappa shape index (κ3) is 4.70. The second-order valence-electron chi connectivity index (χ2n) is 5.53. The monoisotopic (exact) mass is 264 g/mol. The Labute approximate surface area is 123 Å². The Morgan fingerprint density at radius 2 is 0.950 bits per heavy atom. The summed E-state index contributed by atoms with van der Waals surface area (Å²) in [6.07, 6.45) is 4.64. The van der Waals surface area contributed by atoms with Gasteiger partial charge in [0, 0.05) is 0 Å². The van der Waals surface area contributed by atoms with Crippen molar-refractivity contribution >= 4 is 0 Å². The van der Waals surface area contributed by atoms with Crippen molar-refractivity contribution in [1.29, 1.82) is 0 Å². The average Bonchev–Trinajstić information content (AvgIpc) is 2.52. The van der Waals surface area contributed by atoms with Crippen LogP contribution in [0.15, 0.2) is 71.8 Å². The van der Waals surface area contributed by atoms with E-state index in [1.54, 1.807) is 11.1 Å². The van der Waals surface area contributed by atoms with Crippen LogP contribution < -0.4 is 0 Å². The summed E-state index contributed by atoms with van der Waals surface area (Å²) in [6, 6.07) is 21.5. The second-order valence-corrected chi connectivity index (χ2v) is 5.53. The zero-order valence-electron chi connectivity index (χ0n) is 12.6. The summed E-state index contributed by atoms with van der Waals surface area (Å²) in [7, 11) is 0. The minimum absolute atomic E-state index is 1.15. The van der Waals surface area contributed by atoms with Gasteiger partial charge in [-0.05, 0) is 50.7 Å². The highest BCUT2D eigenvalue weighted by Gasteiger charge is 2.00. The fourth-order valence-electron chi connectivity index (χ4n) is 2.38. The smallest absolute Gasteiger partial charge is 0.0241 e. The SMILES string of the molecule is CC(CCc1ccccc1)=C(C)CCc1ccccc1. The summed E-state index contributed by atoms with van der Waals surface area (Å²) in [5, 5.41) is 0. The van der Waals surface area contributed by atoms with Gasteiger partial charge in [0.25, 0.3) is 0 Å². The highest BCUT2D eigenvalue weighted by atomic mass is 14.1. The molecule has 0 amide bonds. The molecular weight excluding hydrogens is 240 g/mol. The summed E-state index contributed by atoms with van der Waals surface area (Å²) >= 11 is 0. The van der Waals surface area contributed by atoms with Gasteiger partial charge in [0.05, 0.1) is 0 Å². The van der Waals surface area contributed by atoms with E-state index in [0.29, 0.717) is 0 Å². The first-order chi connectivity index (χ1) is 9.75. The lowest BCUT2D eigenvalue weighted by atomic mass is 9.98. The maximum atomic E-state index is 2.28. The first-order valence-electron chi connectivity index (χ1n) is 7.49. The van der Waals surface area contributed by atoms with Gasteiger partial charge in [-0.1, -0.05) is 71.8 Å². The first-order valence-corrected chi connectivity index (χ1v) is 7.49. The minimum atomic E-state index is 1.15. The maximum absolute atomic E-state index is 2.28. The van der Waals surface area contributed by atoms with Gasteiger partial charge < -0.3 is 0 Å². The number of benzene rings is 2. The van der Waals surface area contributed by atoms with Crippen molar-refractivity contribution in [3.63, 3.8) is 0 Å². The Hall–Kier alpha value is -1.82. The Morgan fingerprint density at radius 1 is 0.600 bits per heavy atom. The number of hydrogen-bond donors (Lipinski definition) is 0. The van der Waals surface area contributed by atoms with Crippen LogP contribution in [0.4, 0.5) is 0 Å². The van der Waals surface area contributed by atoms with Crippen LogP contribution >= 0.6 is 0 Å². The largest absolute Gasteiger partial charge is 0.0741 e. The van der Waals surface area contributed by atoms with E-state index in [4.69, 9.17) is 0 Å². The van der Waals surface area contributed by atoms with Crippen molar-refractivity contribution in [2.75, 3.05) is 0 Å². The lowest BCUT2D eigenvalue weighted by Crippen LogP contribution is -1.92. The van der Waals surface area contributed by atoms with Crippen LogP contribution in [0.25, 0.3) is 0 Å². The lowest BCUT2D eigenvalue weighted by Gasteiger charge is -2.08. The molecule has 0 unspecified atom stereocenters. The van der Waals surface area contributed by atoms with Crippen molar-refractivity contribution in [3.8, 4) is 0 Å². The molecule has 2 aromatic rings. The molecule has 0 aliphatic heterocycles. The van der Waals surface area contributed by atoms with Crippen molar-refractivity contribution in [2.24, 2.45) is 0 Å². The standard InChI is InChI=1S/C20H24/c1-17(13-15-19-9-5-3-6-10-19)18(2)14-16-20-11-7-4-8-12-20/h3-12H,13-16H2,1-2H3. The summed E-state index contributed by atoms with van der Waals surface area (Å²) in [6.45, 7) is 4.56. The zero-order valence-corrected chi connectivity index (χ0v) is 12.6. The van der Waals surface area contributed by atoms with Gasteiger partial charge in [-0.2, -0.15) is 0 Å². The van der Waals surface area contributed by atoms with Crippen LogP contribution in [-0.4, -0.2) is 0 Å². The normalized spacial score (nSPS) is 12.1. The van der Waals surface area contributed by atoms with Gasteiger partial charge in [-0.3, -0.25) is 0 Å². The topological polar surface area (TPSA) is 0 Å². The number of aryl methyl sites for hydroxylation is 2. The third-order valence-electron chi connectivity index (χ3n) is 3.99. The number of hydrogen-bond acceptors (Lipinski definition) is 0. The third-order valence-corrected chi connectivity index (χ3v) is 3.99. The molecule has 0 aliphatic carbocycles. The molecule has 0 heterocycles. The fraction of sp³-hybridized carbons (Fsp3) is 0.300. The van der Waals surface area contributed by atoms with Crippen LogP contribution in [0.1, 0.15) is 37.8 Å². The molecule has 0 spiro atoms. The minimum Gasteiger partial charge on any atom is -0.0741 e. The number of rotatable bonds is 6. The molecule has 104 valence electrons. The van der Waals surface area contributed by atoms with E-state index in [-0.39, 0.29) is 0 Å². The Kier molecular flexibility index (Phi) is 5.61. The van der Waals surface area contributed by atoms with E-state index >= 15 is 0 Å². The average molecular weight is 264 g/mol. The highest BCUT2D eigenvalue weighted by Crippen LogP contribution is 2.17. The summed E-state index contributed by atoms with van der Waals surface area (Å²) in [5.74, 6) is 0. The van der Waals surface area contributed by atoms with E-state index in [0.717, 1.165) is 12.8 Å². The highest BCUT2D eigenvalue weighted by molar-refractivity contribution is 5.20. The van der Waals surface area contributed by atoms with Gasteiger partial charge in [-0.15, -0.1) is 0 Å². The van der Waals surface area contributed by atoms with E-state index in [1.165, 1.54) is 24.0 Å². The molecule has 2 aromatic carbocycles. The van der Waals surface area contributed by atoms with Gasteiger partial charge in [0.2, 0.25) is 0 Å². The van der Waals surface area contributed by atoms with Crippen LogP contribution in [0.5, 0.6) is 0 Å². The van der Waals surface area contributed by atoms with Crippen molar-refractivity contribution in [1.82, 2.24) is 0 Å². The van der Waals surface area contributed by atoms with Crippen LogP contribution in [0, 0.1) is 0 Å². The van der Waals surface area contributed by atoms with E-state index in [1.807, 2.05) is 0 Å². The molecule has 2 rings (SSSR count). The predicted molar refractivity (Wildman–Crippen MR) is 87.9 cm³/mol. The van der Waals surface area contributed by atoms with E-state index in [9.17, 15) is 0 Å². The molecule has 0 atom stereocenters. The molecule has 0 fully saturated rings. The van der Waals surface area contributed by atoms with Crippen molar-refractivity contribution < 1.29 is 0 Å². The van der Waals surface area contributed by atoms with Gasteiger partial charge in [0.1, 0.15) is 0 Å². The molecule has 0 bridgehead atoms. The summed E-state index contributed by atoms with van der Waals surface area (Å²) < 4.78 is 0. The van der Waals surface area contributed by atoms with Crippen LogP contribution in [0.2, 0.25) is 0 Å². The van der Waals surface area contributed by atoms with Gasteiger partial charge in [0.15, 0.2) is 0 Å². The van der Waals surface area contributed by atoms with Crippen molar-refractivity contribution in [3.05, 3.63) is 82.9 Å². The predicted octanol–water partition coefficient (Wildman–Crippen LogP) is 5.59. The van der Waals surface area contributed by atoms with E-state index in [2.05, 4.69) is 74.5 Å². The molecule has 0 nitrogen and oxygen atoms in total. The first kappa shape index (κ1) is 14.6. The molecule has 0 saturated heterocycles. The van der Waals surface area contributed by atoms with Crippen molar-refractivity contribution in [2.45, 2.75) is 39.5 Å². The molecule has 0 radical (unpaired) electrons. The molecule has 0 saturated carbocycles. The second kappa shape index (κ2) is 7.69. The fourth-order valence-corrected chi connectivity index (χ4v) is 2.38. The molecule has 0 heteroatoms. The molecule has 0 N–H and O–H groups in total. The Bertz CT molecular complexity index is 483. The molecule has 0 aliphatic rings. The number of allylic oxidation sites excluding steroid dienone is 2. The van der Waals surface area contributed by atoms with Crippen LogP contribution in [0.3, 0.4) is 0 Å². The maximum Gasteiger partial charge on any atom is -0.0241 e. The Morgan fingerprint density at radius 3 is 1.30 bits per heavy atom. The lowest BCUT2D eigenvalue weighted by molar-refractivity contribution is 0.866. The van der Waals surface area contributed by atoms with E-state index < -0.39 is 0 Å². The molecular formula is C20H24. The van der Waals surface area contributed by atoms with Crippen LogP contribution in [-0.2, 0) is 12.8 Å². The quantitative estimate of drug-likeness (QED) is 0.597. The zero-order chi connectivity index (χ0) is 14.2.